The molecule has 110 valence electrons. The van der Waals surface area contributed by atoms with Crippen LogP contribution in [-0.2, 0) is 4.74 Å². The summed E-state index contributed by atoms with van der Waals surface area (Å²) in [6.07, 6.45) is 0.855. The van der Waals surface area contributed by atoms with Crippen molar-refractivity contribution in [1.29, 1.82) is 0 Å². The first-order chi connectivity index (χ1) is 9.46. The number of carbonyl (C=O) groups is 1. The number of methoxy groups -OCH3 is 1. The Balaban J connectivity index is 3.37. The van der Waals surface area contributed by atoms with Gasteiger partial charge in [0, 0.05) is 18.7 Å². The van der Waals surface area contributed by atoms with Crippen LogP contribution in [0.25, 0.3) is 0 Å². The zero-order chi connectivity index (χ0) is 15.3. The van der Waals surface area contributed by atoms with Crippen LogP contribution >= 0.6 is 0 Å². The lowest BCUT2D eigenvalue weighted by Crippen LogP contribution is -2.33. The average molecular weight is 280 g/mol. The van der Waals surface area contributed by atoms with Gasteiger partial charge in [-0.15, -0.1) is 0 Å². The average Bonchev–Trinajstić information content (AvgIpc) is 2.46. The minimum Gasteiger partial charge on any atom is -0.465 e. The maximum Gasteiger partial charge on any atom is 0.337 e. The van der Waals surface area contributed by atoms with Gasteiger partial charge in [-0.1, -0.05) is 6.92 Å². The Kier molecular flexibility index (Phi) is 5.49. The highest BCUT2D eigenvalue weighted by Crippen LogP contribution is 2.31. The number of hydrogen-bond donors (Lipinski definition) is 0. The summed E-state index contributed by atoms with van der Waals surface area (Å²) in [4.78, 5) is 24.2. The number of hydrogen-bond acceptors (Lipinski definition) is 5. The molecule has 6 nitrogen and oxygen atoms in total. The Labute approximate surface area is 118 Å². The van der Waals surface area contributed by atoms with Crippen LogP contribution in [0.2, 0.25) is 0 Å². The maximum atomic E-state index is 11.6. The van der Waals surface area contributed by atoms with Gasteiger partial charge in [0.05, 0.1) is 17.6 Å². The molecule has 6 heteroatoms. The van der Waals surface area contributed by atoms with E-state index in [2.05, 4.69) is 4.74 Å². The standard InChI is InChI=1S/C14H20N2O4/c1-5-10(3)15(6-2)13-9-11(14(17)20-4)7-8-12(13)16(18)19/h7-10H,5-6H2,1-4H3. The third-order valence-corrected chi connectivity index (χ3v) is 3.37. The lowest BCUT2D eigenvalue weighted by atomic mass is 10.1. The highest BCUT2D eigenvalue weighted by Gasteiger charge is 2.23. The molecule has 0 spiro atoms. The number of nitro benzene ring substituents is 1. The molecule has 1 aromatic carbocycles. The Hall–Kier alpha value is -2.11. The molecule has 0 aliphatic heterocycles. The van der Waals surface area contributed by atoms with Crippen molar-refractivity contribution in [3.8, 4) is 0 Å². The smallest absolute Gasteiger partial charge is 0.337 e. The fourth-order valence-corrected chi connectivity index (χ4v) is 2.09. The van der Waals surface area contributed by atoms with E-state index in [0.717, 1.165) is 6.42 Å². The molecule has 1 atom stereocenters. The molecular weight excluding hydrogens is 260 g/mol. The van der Waals surface area contributed by atoms with E-state index in [0.29, 0.717) is 17.8 Å². The molecule has 0 aliphatic rings. The maximum absolute atomic E-state index is 11.6. The molecule has 1 unspecified atom stereocenters. The molecule has 0 saturated heterocycles. The molecule has 0 heterocycles. The van der Waals surface area contributed by atoms with E-state index >= 15 is 0 Å². The highest BCUT2D eigenvalue weighted by atomic mass is 16.6. The number of rotatable bonds is 6. The van der Waals surface area contributed by atoms with Crippen molar-refractivity contribution < 1.29 is 14.5 Å². The van der Waals surface area contributed by atoms with Gasteiger partial charge in [-0.25, -0.2) is 4.79 Å². The van der Waals surface area contributed by atoms with Gasteiger partial charge in [0.1, 0.15) is 5.69 Å². The van der Waals surface area contributed by atoms with E-state index in [1.54, 1.807) is 0 Å². The molecular formula is C14H20N2O4. The Bertz CT molecular complexity index is 502. The molecule has 0 amide bonds. The second-order valence-corrected chi connectivity index (χ2v) is 4.50. The summed E-state index contributed by atoms with van der Waals surface area (Å²) in [5.41, 5.74) is 0.768. The number of nitrogens with zero attached hydrogens (tertiary/aromatic N) is 2. The molecule has 0 saturated carbocycles. The van der Waals surface area contributed by atoms with Gasteiger partial charge in [0.2, 0.25) is 0 Å². The third kappa shape index (κ3) is 3.26. The van der Waals surface area contributed by atoms with E-state index < -0.39 is 10.9 Å². The van der Waals surface area contributed by atoms with Gasteiger partial charge >= 0.3 is 5.97 Å². The Morgan fingerprint density at radius 3 is 2.55 bits per heavy atom. The summed E-state index contributed by atoms with van der Waals surface area (Å²) in [6.45, 7) is 6.57. The summed E-state index contributed by atoms with van der Waals surface area (Å²) in [5, 5.41) is 11.2. The summed E-state index contributed by atoms with van der Waals surface area (Å²) in [6, 6.07) is 4.44. The molecule has 1 rings (SSSR count). The zero-order valence-electron chi connectivity index (χ0n) is 12.3. The first-order valence-corrected chi connectivity index (χ1v) is 6.59. The predicted molar refractivity (Wildman–Crippen MR) is 77.2 cm³/mol. The number of anilines is 1. The van der Waals surface area contributed by atoms with Gasteiger partial charge in [0.25, 0.3) is 5.69 Å². The largest absolute Gasteiger partial charge is 0.465 e. The second kappa shape index (κ2) is 6.88. The van der Waals surface area contributed by atoms with Crippen LogP contribution in [0.5, 0.6) is 0 Å². The highest BCUT2D eigenvalue weighted by molar-refractivity contribution is 5.91. The van der Waals surface area contributed by atoms with E-state index in [4.69, 9.17) is 0 Å². The van der Waals surface area contributed by atoms with Crippen LogP contribution in [0.1, 0.15) is 37.6 Å². The van der Waals surface area contributed by atoms with E-state index in [-0.39, 0.29) is 11.7 Å². The minimum absolute atomic E-state index is 0.000182. The van der Waals surface area contributed by atoms with Crippen molar-refractivity contribution in [2.45, 2.75) is 33.2 Å². The van der Waals surface area contributed by atoms with Crippen molar-refractivity contribution in [3.63, 3.8) is 0 Å². The molecule has 0 fully saturated rings. The topological polar surface area (TPSA) is 72.7 Å². The molecule has 0 N–H and O–H groups in total. The summed E-state index contributed by atoms with van der Waals surface area (Å²) < 4.78 is 4.66. The van der Waals surface area contributed by atoms with E-state index in [1.165, 1.54) is 25.3 Å². The summed E-state index contributed by atoms with van der Waals surface area (Å²) >= 11 is 0. The first-order valence-electron chi connectivity index (χ1n) is 6.59. The van der Waals surface area contributed by atoms with Gasteiger partial charge in [-0.05, 0) is 32.4 Å². The normalized spacial score (nSPS) is 11.8. The van der Waals surface area contributed by atoms with Gasteiger partial charge < -0.3 is 9.64 Å². The molecule has 1 aromatic rings. The Morgan fingerprint density at radius 2 is 2.10 bits per heavy atom. The number of esters is 1. The van der Waals surface area contributed by atoms with Crippen LogP contribution in [-0.4, -0.2) is 30.6 Å². The molecule has 0 bridgehead atoms. The molecule has 0 aromatic heterocycles. The van der Waals surface area contributed by atoms with Crippen LogP contribution in [0, 0.1) is 10.1 Å². The van der Waals surface area contributed by atoms with Crippen molar-refractivity contribution >= 4 is 17.3 Å². The van der Waals surface area contributed by atoms with E-state index in [1.807, 2.05) is 25.7 Å². The summed E-state index contributed by atoms with van der Waals surface area (Å²) in [7, 11) is 1.29. The lowest BCUT2D eigenvalue weighted by molar-refractivity contribution is -0.384. The molecule has 20 heavy (non-hydrogen) atoms. The fourth-order valence-electron chi connectivity index (χ4n) is 2.09. The van der Waals surface area contributed by atoms with E-state index in [9.17, 15) is 14.9 Å². The van der Waals surface area contributed by atoms with Gasteiger partial charge in [-0.2, -0.15) is 0 Å². The van der Waals surface area contributed by atoms with Gasteiger partial charge in [0.15, 0.2) is 0 Å². The quantitative estimate of drug-likeness (QED) is 0.455. The fraction of sp³-hybridized carbons (Fsp3) is 0.500. The van der Waals surface area contributed by atoms with Crippen molar-refractivity contribution in [2.75, 3.05) is 18.6 Å². The monoisotopic (exact) mass is 280 g/mol. The van der Waals surface area contributed by atoms with Crippen LogP contribution in [0.3, 0.4) is 0 Å². The summed E-state index contributed by atoms with van der Waals surface area (Å²) in [5.74, 6) is -0.499. The SMILES string of the molecule is CCC(C)N(CC)c1cc(C(=O)OC)ccc1[N+](=O)[O-]. The lowest BCUT2D eigenvalue weighted by Gasteiger charge is -2.29. The number of benzene rings is 1. The van der Waals surface area contributed by atoms with Gasteiger partial charge in [-0.3, -0.25) is 10.1 Å². The second-order valence-electron chi connectivity index (χ2n) is 4.50. The molecule has 0 radical (unpaired) electrons. The first kappa shape index (κ1) is 15.9. The number of ether oxygens (including phenoxy) is 1. The van der Waals surface area contributed by atoms with Crippen molar-refractivity contribution in [1.82, 2.24) is 0 Å². The van der Waals surface area contributed by atoms with Crippen LogP contribution in [0.15, 0.2) is 18.2 Å². The van der Waals surface area contributed by atoms with Crippen molar-refractivity contribution in [2.24, 2.45) is 0 Å². The van der Waals surface area contributed by atoms with Crippen LogP contribution < -0.4 is 4.90 Å². The minimum atomic E-state index is -0.499. The van der Waals surface area contributed by atoms with Crippen LogP contribution in [0.4, 0.5) is 11.4 Å². The molecule has 0 aliphatic carbocycles. The zero-order valence-corrected chi connectivity index (χ0v) is 12.3. The Morgan fingerprint density at radius 1 is 1.45 bits per heavy atom. The number of nitro groups is 1. The third-order valence-electron chi connectivity index (χ3n) is 3.37. The predicted octanol–water partition coefficient (Wildman–Crippen LogP) is 3.01. The van der Waals surface area contributed by atoms with Crippen molar-refractivity contribution in [3.05, 3.63) is 33.9 Å². The number of carbonyl (C=O) groups excluding carboxylic acids is 1.